The molecular weight excluding hydrogens is 294 g/mol. The maximum atomic E-state index is 5.97. The number of methoxy groups -OCH3 is 1. The van der Waals surface area contributed by atoms with Gasteiger partial charge in [0.2, 0.25) is 11.8 Å². The summed E-state index contributed by atoms with van der Waals surface area (Å²) in [5.41, 5.74) is 1.23. The van der Waals surface area contributed by atoms with Crippen LogP contribution in [0.3, 0.4) is 0 Å². The van der Waals surface area contributed by atoms with Gasteiger partial charge in [-0.05, 0) is 0 Å². The van der Waals surface area contributed by atoms with E-state index in [2.05, 4.69) is 19.9 Å². The Bertz CT molecular complexity index is 767. The van der Waals surface area contributed by atoms with Crippen molar-refractivity contribution in [3.05, 3.63) is 30.0 Å². The highest BCUT2D eigenvalue weighted by Gasteiger charge is 2.17. The van der Waals surface area contributed by atoms with Crippen molar-refractivity contribution in [3.8, 4) is 5.88 Å². The van der Waals surface area contributed by atoms with Crippen LogP contribution in [0.25, 0.3) is 11.2 Å². The second kappa shape index (κ2) is 5.69. The molecule has 0 bridgehead atoms. The summed E-state index contributed by atoms with van der Waals surface area (Å²) in [6.07, 6.45) is 3.96. The average Bonchev–Trinajstić information content (AvgIpc) is 3.12. The van der Waals surface area contributed by atoms with Crippen molar-refractivity contribution in [2.24, 2.45) is 0 Å². The SMILES string of the molecule is CCc1cnc(Cn2c(CCl)nc3c(OC)ncnc32)o1. The van der Waals surface area contributed by atoms with Gasteiger partial charge in [0.25, 0.3) is 0 Å². The first kappa shape index (κ1) is 13.8. The largest absolute Gasteiger partial charge is 0.479 e. The van der Waals surface area contributed by atoms with E-state index < -0.39 is 0 Å². The molecule has 0 saturated heterocycles. The predicted octanol–water partition coefficient (Wildman–Crippen LogP) is 2.17. The Morgan fingerprint density at radius 1 is 1.33 bits per heavy atom. The van der Waals surface area contributed by atoms with E-state index >= 15 is 0 Å². The number of aromatic nitrogens is 5. The van der Waals surface area contributed by atoms with Crippen LogP contribution < -0.4 is 4.74 Å². The molecule has 3 aromatic heterocycles. The smallest absolute Gasteiger partial charge is 0.245 e. The Balaban J connectivity index is 2.07. The van der Waals surface area contributed by atoms with Gasteiger partial charge in [0, 0.05) is 6.42 Å². The first-order valence-corrected chi connectivity index (χ1v) is 7.03. The van der Waals surface area contributed by atoms with Gasteiger partial charge in [-0.2, -0.15) is 4.98 Å². The normalized spacial score (nSPS) is 11.2. The van der Waals surface area contributed by atoms with Crippen LogP contribution in [-0.4, -0.2) is 31.6 Å². The minimum Gasteiger partial charge on any atom is -0.479 e. The molecular formula is C13H14ClN5O2. The Hall–Kier alpha value is -2.15. The zero-order valence-corrected chi connectivity index (χ0v) is 12.5. The quantitative estimate of drug-likeness (QED) is 0.672. The van der Waals surface area contributed by atoms with E-state index in [0.29, 0.717) is 35.3 Å². The number of halogens is 1. The predicted molar refractivity (Wildman–Crippen MR) is 76.4 cm³/mol. The Kier molecular flexibility index (Phi) is 3.74. The zero-order chi connectivity index (χ0) is 14.8. The number of fused-ring (bicyclic) bond motifs is 1. The molecule has 3 heterocycles. The molecule has 0 saturated carbocycles. The molecule has 0 aromatic carbocycles. The summed E-state index contributed by atoms with van der Waals surface area (Å²) in [5, 5.41) is 0. The topological polar surface area (TPSA) is 78.9 Å². The van der Waals surface area contributed by atoms with Gasteiger partial charge in [-0.1, -0.05) is 6.92 Å². The number of oxazole rings is 1. The highest BCUT2D eigenvalue weighted by molar-refractivity contribution is 6.16. The monoisotopic (exact) mass is 307 g/mol. The number of imidazole rings is 1. The van der Waals surface area contributed by atoms with Crippen molar-refractivity contribution < 1.29 is 9.15 Å². The fourth-order valence-electron chi connectivity index (χ4n) is 2.10. The molecule has 110 valence electrons. The lowest BCUT2D eigenvalue weighted by molar-refractivity contribution is 0.401. The maximum Gasteiger partial charge on any atom is 0.245 e. The molecule has 0 radical (unpaired) electrons. The molecule has 0 spiro atoms. The zero-order valence-electron chi connectivity index (χ0n) is 11.7. The number of hydrogen-bond acceptors (Lipinski definition) is 6. The summed E-state index contributed by atoms with van der Waals surface area (Å²) in [6.45, 7) is 2.43. The van der Waals surface area contributed by atoms with Crippen molar-refractivity contribution in [1.82, 2.24) is 24.5 Å². The number of rotatable bonds is 5. The van der Waals surface area contributed by atoms with Crippen LogP contribution in [0, 0.1) is 0 Å². The van der Waals surface area contributed by atoms with E-state index in [4.69, 9.17) is 20.8 Å². The van der Waals surface area contributed by atoms with Crippen LogP contribution in [0.5, 0.6) is 5.88 Å². The maximum absolute atomic E-state index is 5.97. The van der Waals surface area contributed by atoms with E-state index in [1.807, 2.05) is 11.5 Å². The van der Waals surface area contributed by atoms with Crippen molar-refractivity contribution >= 4 is 22.8 Å². The Morgan fingerprint density at radius 3 is 2.86 bits per heavy atom. The fraction of sp³-hybridized carbons (Fsp3) is 0.385. The second-order valence-electron chi connectivity index (χ2n) is 4.38. The van der Waals surface area contributed by atoms with Crippen LogP contribution >= 0.6 is 11.6 Å². The van der Waals surface area contributed by atoms with Crippen LogP contribution in [0.1, 0.15) is 24.4 Å². The van der Waals surface area contributed by atoms with Gasteiger partial charge in [-0.3, -0.25) is 0 Å². The third-order valence-corrected chi connectivity index (χ3v) is 3.37. The average molecular weight is 308 g/mol. The highest BCUT2D eigenvalue weighted by Crippen LogP contribution is 2.23. The van der Waals surface area contributed by atoms with Crippen molar-refractivity contribution in [3.63, 3.8) is 0 Å². The molecule has 7 nitrogen and oxygen atoms in total. The minimum absolute atomic E-state index is 0.251. The number of aryl methyl sites for hydroxylation is 1. The third kappa shape index (κ3) is 2.44. The summed E-state index contributed by atoms with van der Waals surface area (Å²) in [4.78, 5) is 17.0. The van der Waals surface area contributed by atoms with Crippen molar-refractivity contribution in [2.75, 3.05) is 7.11 Å². The minimum atomic E-state index is 0.251. The van der Waals surface area contributed by atoms with Crippen molar-refractivity contribution in [1.29, 1.82) is 0 Å². The number of hydrogen-bond donors (Lipinski definition) is 0. The van der Waals surface area contributed by atoms with Gasteiger partial charge >= 0.3 is 0 Å². The summed E-state index contributed by atoms with van der Waals surface area (Å²) >= 11 is 5.97. The Labute approximate surface area is 126 Å². The van der Waals surface area contributed by atoms with Crippen LogP contribution in [0.2, 0.25) is 0 Å². The third-order valence-electron chi connectivity index (χ3n) is 3.13. The van der Waals surface area contributed by atoms with Gasteiger partial charge in [-0.25, -0.2) is 15.0 Å². The Morgan fingerprint density at radius 2 is 2.19 bits per heavy atom. The lowest BCUT2D eigenvalue weighted by Crippen LogP contribution is -2.05. The van der Waals surface area contributed by atoms with Gasteiger partial charge in [0.15, 0.2) is 11.2 Å². The standard InChI is InChI=1S/C13H14ClN5O2/c1-3-8-5-15-10(21-8)6-19-9(4-14)18-11-12(19)16-7-17-13(11)20-2/h5,7H,3-4,6H2,1-2H3. The van der Waals surface area contributed by atoms with Crippen LogP contribution in [-0.2, 0) is 18.8 Å². The first-order chi connectivity index (χ1) is 10.3. The number of nitrogens with zero attached hydrogens (tertiary/aromatic N) is 5. The van der Waals surface area contributed by atoms with Crippen LogP contribution in [0.15, 0.2) is 16.9 Å². The summed E-state index contributed by atoms with van der Waals surface area (Å²) in [6, 6.07) is 0. The molecule has 0 N–H and O–H groups in total. The molecule has 8 heteroatoms. The van der Waals surface area contributed by atoms with E-state index in [9.17, 15) is 0 Å². The molecule has 0 unspecified atom stereocenters. The highest BCUT2D eigenvalue weighted by atomic mass is 35.5. The summed E-state index contributed by atoms with van der Waals surface area (Å²) < 4.78 is 12.7. The molecule has 3 rings (SSSR count). The van der Waals surface area contributed by atoms with Crippen LogP contribution in [0.4, 0.5) is 0 Å². The summed E-state index contributed by atoms with van der Waals surface area (Å²) in [5.74, 6) is 2.78. The first-order valence-electron chi connectivity index (χ1n) is 6.50. The molecule has 0 amide bonds. The van der Waals surface area contributed by atoms with Gasteiger partial charge in [0.1, 0.15) is 24.5 Å². The molecule has 3 aromatic rings. The van der Waals surface area contributed by atoms with E-state index in [1.54, 1.807) is 13.3 Å². The molecule has 0 aliphatic carbocycles. The number of alkyl halides is 1. The molecule has 21 heavy (non-hydrogen) atoms. The lowest BCUT2D eigenvalue weighted by Gasteiger charge is -2.04. The second-order valence-corrected chi connectivity index (χ2v) is 4.64. The number of ether oxygens (including phenoxy) is 1. The van der Waals surface area contributed by atoms with Crippen molar-refractivity contribution in [2.45, 2.75) is 25.8 Å². The van der Waals surface area contributed by atoms with E-state index in [0.717, 1.165) is 12.2 Å². The van der Waals surface area contributed by atoms with Gasteiger partial charge in [-0.15, -0.1) is 11.6 Å². The molecule has 0 aliphatic heterocycles. The summed E-state index contributed by atoms with van der Waals surface area (Å²) in [7, 11) is 1.54. The molecule has 0 fully saturated rings. The molecule has 0 aliphatic rings. The lowest BCUT2D eigenvalue weighted by atomic mass is 10.4. The fourth-order valence-corrected chi connectivity index (χ4v) is 2.30. The van der Waals surface area contributed by atoms with Gasteiger partial charge in [0.05, 0.1) is 19.2 Å². The van der Waals surface area contributed by atoms with E-state index in [-0.39, 0.29) is 5.88 Å². The van der Waals surface area contributed by atoms with E-state index in [1.165, 1.54) is 6.33 Å². The van der Waals surface area contributed by atoms with Gasteiger partial charge < -0.3 is 13.7 Å². The molecule has 0 atom stereocenters.